The zero-order valence-corrected chi connectivity index (χ0v) is 11.9. The Morgan fingerprint density at radius 1 is 1.47 bits per heavy atom. The quantitative estimate of drug-likeness (QED) is 0.825. The minimum absolute atomic E-state index is 0.475. The maximum Gasteiger partial charge on any atom is 0.0511 e. The average molecular weight is 299 g/mol. The third-order valence-corrected chi connectivity index (χ3v) is 3.99. The third kappa shape index (κ3) is 2.93. The first kappa shape index (κ1) is 12.7. The normalized spacial score (nSPS) is 24.6. The maximum absolute atomic E-state index is 5.87. The lowest BCUT2D eigenvalue weighted by Crippen LogP contribution is -2.36. The van der Waals surface area contributed by atoms with Crippen molar-refractivity contribution in [3.63, 3.8) is 0 Å². The largest absolute Gasteiger partial charge is 0.398 e. The second kappa shape index (κ2) is 5.27. The number of anilines is 2. The van der Waals surface area contributed by atoms with Crippen molar-refractivity contribution in [1.29, 1.82) is 0 Å². The van der Waals surface area contributed by atoms with Gasteiger partial charge < -0.3 is 15.8 Å². The molecule has 1 aliphatic heterocycles. The van der Waals surface area contributed by atoms with Crippen LogP contribution in [-0.4, -0.2) is 19.3 Å². The van der Waals surface area contributed by atoms with Gasteiger partial charge in [0.15, 0.2) is 0 Å². The van der Waals surface area contributed by atoms with Crippen LogP contribution in [0.1, 0.15) is 18.9 Å². The van der Waals surface area contributed by atoms with Gasteiger partial charge in [-0.2, -0.15) is 0 Å². The number of nitrogens with one attached hydrogen (secondary N) is 1. The van der Waals surface area contributed by atoms with E-state index in [1.165, 1.54) is 0 Å². The Morgan fingerprint density at radius 2 is 2.24 bits per heavy atom. The lowest BCUT2D eigenvalue weighted by atomic mass is 9.97. The van der Waals surface area contributed by atoms with Gasteiger partial charge in [0.25, 0.3) is 0 Å². The van der Waals surface area contributed by atoms with Gasteiger partial charge >= 0.3 is 0 Å². The van der Waals surface area contributed by atoms with Crippen LogP contribution in [0.5, 0.6) is 0 Å². The van der Waals surface area contributed by atoms with Crippen molar-refractivity contribution in [2.24, 2.45) is 5.92 Å². The monoisotopic (exact) mass is 298 g/mol. The van der Waals surface area contributed by atoms with Gasteiger partial charge in [-0.05, 0) is 52.9 Å². The van der Waals surface area contributed by atoms with Gasteiger partial charge in [-0.3, -0.25) is 0 Å². The second-order valence-electron chi connectivity index (χ2n) is 4.78. The van der Waals surface area contributed by atoms with E-state index in [1.54, 1.807) is 0 Å². The number of halogens is 1. The molecule has 17 heavy (non-hydrogen) atoms. The number of ether oxygens (including phenoxy) is 1. The Kier molecular flexibility index (Phi) is 3.94. The summed E-state index contributed by atoms with van der Waals surface area (Å²) in [6.07, 6.45) is 1.05. The first-order valence-electron chi connectivity index (χ1n) is 5.98. The zero-order chi connectivity index (χ0) is 12.4. The molecule has 2 unspecified atom stereocenters. The van der Waals surface area contributed by atoms with Gasteiger partial charge in [-0.25, -0.2) is 0 Å². The summed E-state index contributed by atoms with van der Waals surface area (Å²) in [5.41, 5.74) is 8.92. The van der Waals surface area contributed by atoms with Crippen LogP contribution in [0, 0.1) is 12.8 Å². The van der Waals surface area contributed by atoms with E-state index in [2.05, 4.69) is 34.2 Å². The highest BCUT2D eigenvalue weighted by Crippen LogP contribution is 2.30. The Morgan fingerprint density at radius 3 is 2.94 bits per heavy atom. The topological polar surface area (TPSA) is 47.3 Å². The SMILES string of the molecule is Cc1cc(NC2CCOCC2C)c(Br)cc1N. The van der Waals surface area contributed by atoms with Crippen molar-refractivity contribution < 1.29 is 4.74 Å². The fraction of sp³-hybridized carbons (Fsp3) is 0.538. The molecule has 2 rings (SSSR count). The molecule has 3 nitrogen and oxygen atoms in total. The Labute approximate surface area is 111 Å². The molecule has 0 spiro atoms. The molecule has 0 aromatic heterocycles. The highest BCUT2D eigenvalue weighted by atomic mass is 79.9. The van der Waals surface area contributed by atoms with Crippen molar-refractivity contribution in [2.75, 3.05) is 24.3 Å². The molecule has 4 heteroatoms. The van der Waals surface area contributed by atoms with Crippen LogP contribution in [-0.2, 0) is 4.74 Å². The molecule has 0 saturated carbocycles. The lowest BCUT2D eigenvalue weighted by molar-refractivity contribution is 0.0537. The van der Waals surface area contributed by atoms with Gasteiger partial charge in [0.05, 0.1) is 6.61 Å². The van der Waals surface area contributed by atoms with Crippen molar-refractivity contribution >= 4 is 27.3 Å². The molecule has 1 aromatic rings. The molecule has 1 saturated heterocycles. The summed E-state index contributed by atoms with van der Waals surface area (Å²) >= 11 is 3.55. The standard InChI is InChI=1S/C13H19BrN2O/c1-8-5-13(10(14)6-11(8)15)16-12-3-4-17-7-9(12)2/h5-6,9,12,16H,3-4,7,15H2,1-2H3. The summed E-state index contributed by atoms with van der Waals surface area (Å²) in [4.78, 5) is 0. The van der Waals surface area contributed by atoms with Crippen molar-refractivity contribution in [3.8, 4) is 0 Å². The Hall–Kier alpha value is -0.740. The summed E-state index contributed by atoms with van der Waals surface area (Å²) < 4.78 is 6.48. The second-order valence-corrected chi connectivity index (χ2v) is 5.63. The van der Waals surface area contributed by atoms with Crippen molar-refractivity contribution in [2.45, 2.75) is 26.3 Å². The van der Waals surface area contributed by atoms with Gasteiger partial charge in [-0.15, -0.1) is 0 Å². The van der Waals surface area contributed by atoms with Gasteiger partial charge in [-0.1, -0.05) is 6.92 Å². The summed E-state index contributed by atoms with van der Waals surface area (Å²) in [5.74, 6) is 0.536. The van der Waals surface area contributed by atoms with E-state index in [4.69, 9.17) is 10.5 Å². The molecule has 0 radical (unpaired) electrons. The van der Waals surface area contributed by atoms with Crippen LogP contribution in [0.15, 0.2) is 16.6 Å². The molecule has 2 atom stereocenters. The Bertz CT molecular complexity index is 409. The third-order valence-electron chi connectivity index (χ3n) is 3.34. The van der Waals surface area contributed by atoms with Gasteiger partial charge in [0.1, 0.15) is 0 Å². The van der Waals surface area contributed by atoms with E-state index >= 15 is 0 Å². The molecular weight excluding hydrogens is 280 g/mol. The van der Waals surface area contributed by atoms with Gasteiger partial charge in [0, 0.05) is 28.5 Å². The first-order valence-corrected chi connectivity index (χ1v) is 6.77. The maximum atomic E-state index is 5.87. The van der Waals surface area contributed by atoms with E-state index in [0.29, 0.717) is 12.0 Å². The molecule has 0 amide bonds. The van der Waals surface area contributed by atoms with Crippen LogP contribution >= 0.6 is 15.9 Å². The number of rotatable bonds is 2. The molecule has 1 aromatic carbocycles. The number of aryl methyl sites for hydroxylation is 1. The minimum atomic E-state index is 0.475. The number of nitrogens with two attached hydrogens (primary N) is 1. The average Bonchev–Trinajstić information content (AvgIpc) is 2.29. The van der Waals surface area contributed by atoms with Crippen LogP contribution < -0.4 is 11.1 Å². The fourth-order valence-corrected chi connectivity index (χ4v) is 2.58. The van der Waals surface area contributed by atoms with Crippen LogP contribution in [0.2, 0.25) is 0 Å². The van der Waals surface area contributed by atoms with Crippen molar-refractivity contribution in [1.82, 2.24) is 0 Å². The number of benzene rings is 1. The highest BCUT2D eigenvalue weighted by Gasteiger charge is 2.22. The van der Waals surface area contributed by atoms with Crippen LogP contribution in [0.4, 0.5) is 11.4 Å². The summed E-state index contributed by atoms with van der Waals surface area (Å²) in [7, 11) is 0. The van der Waals surface area contributed by atoms with E-state index in [9.17, 15) is 0 Å². The zero-order valence-electron chi connectivity index (χ0n) is 10.3. The fourth-order valence-electron chi connectivity index (χ4n) is 2.10. The van der Waals surface area contributed by atoms with E-state index < -0.39 is 0 Å². The van der Waals surface area contributed by atoms with E-state index in [0.717, 1.165) is 41.0 Å². The van der Waals surface area contributed by atoms with Crippen molar-refractivity contribution in [3.05, 3.63) is 22.2 Å². The predicted octanol–water partition coefficient (Wildman–Crippen LogP) is 3.18. The van der Waals surface area contributed by atoms with Crippen LogP contribution in [0.25, 0.3) is 0 Å². The molecule has 1 fully saturated rings. The molecule has 0 aliphatic carbocycles. The lowest BCUT2D eigenvalue weighted by Gasteiger charge is -2.31. The van der Waals surface area contributed by atoms with Crippen LogP contribution in [0.3, 0.4) is 0 Å². The first-order chi connectivity index (χ1) is 8.08. The highest BCUT2D eigenvalue weighted by molar-refractivity contribution is 9.10. The predicted molar refractivity (Wildman–Crippen MR) is 75.3 cm³/mol. The molecule has 1 aliphatic rings. The molecule has 1 heterocycles. The van der Waals surface area contributed by atoms with E-state index in [-0.39, 0.29) is 0 Å². The molecule has 0 bridgehead atoms. The number of hydrogen-bond acceptors (Lipinski definition) is 3. The van der Waals surface area contributed by atoms with E-state index in [1.807, 2.05) is 13.0 Å². The summed E-state index contributed by atoms with van der Waals surface area (Å²) in [6.45, 7) is 5.92. The molecule has 3 N–H and O–H groups in total. The Balaban J connectivity index is 2.15. The number of nitrogen functional groups attached to an aromatic ring is 1. The minimum Gasteiger partial charge on any atom is -0.398 e. The smallest absolute Gasteiger partial charge is 0.0511 e. The van der Waals surface area contributed by atoms with Gasteiger partial charge in [0.2, 0.25) is 0 Å². The molecular formula is C13H19BrN2O. The summed E-state index contributed by atoms with van der Waals surface area (Å²) in [5, 5.41) is 3.58. The summed E-state index contributed by atoms with van der Waals surface area (Å²) in [6, 6.07) is 4.53. The number of hydrogen-bond donors (Lipinski definition) is 2. The molecule has 94 valence electrons.